The second-order valence-electron chi connectivity index (χ2n) is 6.46. The summed E-state index contributed by atoms with van der Waals surface area (Å²) in [5, 5.41) is 14.5. The van der Waals surface area contributed by atoms with E-state index in [1.807, 2.05) is 43.3 Å². The van der Waals surface area contributed by atoms with Crippen molar-refractivity contribution in [3.05, 3.63) is 47.9 Å². The Balaban J connectivity index is 1.39. The molecule has 4 rings (SSSR count). The van der Waals surface area contributed by atoms with Gasteiger partial charge in [0.05, 0.1) is 24.9 Å². The van der Waals surface area contributed by atoms with E-state index >= 15 is 0 Å². The minimum Gasteiger partial charge on any atom is -0.379 e. The lowest BCUT2D eigenvalue weighted by molar-refractivity contribution is 0.181. The molecule has 3 heterocycles. The highest BCUT2D eigenvalue weighted by Crippen LogP contribution is 2.28. The molecule has 1 aliphatic rings. The molecule has 0 saturated carbocycles. The van der Waals surface area contributed by atoms with E-state index in [9.17, 15) is 4.79 Å². The fraction of sp³-hybridized carbons (Fsp3) is 0.333. The number of carbonyl (C=O) groups excluding carboxylic acids is 1. The molecule has 27 heavy (non-hydrogen) atoms. The van der Waals surface area contributed by atoms with Crippen LogP contribution in [0.25, 0.3) is 11.3 Å². The summed E-state index contributed by atoms with van der Waals surface area (Å²) in [4.78, 5) is 12.5. The van der Waals surface area contributed by atoms with Crippen LogP contribution in [0.1, 0.15) is 11.5 Å². The van der Waals surface area contributed by atoms with Crippen molar-refractivity contribution in [1.82, 2.24) is 20.1 Å². The highest BCUT2D eigenvalue weighted by Gasteiger charge is 2.31. The number of hydrogen-bond donors (Lipinski definition) is 2. The van der Waals surface area contributed by atoms with Gasteiger partial charge >= 0.3 is 6.03 Å². The van der Waals surface area contributed by atoms with Crippen LogP contribution in [0.15, 0.2) is 40.9 Å². The smallest absolute Gasteiger partial charge is 0.320 e. The third-order valence-corrected chi connectivity index (χ3v) is 5.06. The van der Waals surface area contributed by atoms with Crippen molar-refractivity contribution in [3.63, 3.8) is 0 Å². The van der Waals surface area contributed by atoms with Crippen molar-refractivity contribution in [3.8, 4) is 11.3 Å². The lowest BCUT2D eigenvalue weighted by atomic mass is 9.98. The maximum atomic E-state index is 12.5. The van der Waals surface area contributed by atoms with Crippen LogP contribution < -0.4 is 10.6 Å². The molecule has 0 spiro atoms. The van der Waals surface area contributed by atoms with Gasteiger partial charge in [0.2, 0.25) is 0 Å². The summed E-state index contributed by atoms with van der Waals surface area (Å²) in [6, 6.07) is 11.1. The summed E-state index contributed by atoms with van der Waals surface area (Å²) in [5.41, 5.74) is 2.41. The van der Waals surface area contributed by atoms with Gasteiger partial charge in [0.1, 0.15) is 16.5 Å². The van der Waals surface area contributed by atoms with Crippen molar-refractivity contribution >= 4 is 22.6 Å². The lowest BCUT2D eigenvalue weighted by Gasteiger charge is -2.18. The number of amides is 2. The van der Waals surface area contributed by atoms with Crippen LogP contribution in [-0.4, -0.2) is 40.0 Å². The van der Waals surface area contributed by atoms with Gasteiger partial charge in [-0.1, -0.05) is 40.0 Å². The molecule has 0 bridgehead atoms. The zero-order valence-corrected chi connectivity index (χ0v) is 15.5. The molecule has 0 aliphatic carbocycles. The number of urea groups is 1. The van der Waals surface area contributed by atoms with Gasteiger partial charge in [0.15, 0.2) is 0 Å². The average molecular weight is 385 g/mol. The first kappa shape index (κ1) is 17.6. The minimum absolute atomic E-state index is 0.100. The molecule has 1 aromatic carbocycles. The summed E-state index contributed by atoms with van der Waals surface area (Å²) in [6.45, 7) is 2.93. The fourth-order valence-corrected chi connectivity index (χ4v) is 3.68. The van der Waals surface area contributed by atoms with Gasteiger partial charge in [0.25, 0.3) is 0 Å². The SMILES string of the molecule is Cc1cc(C[C@@H]2COC[C@@H]2NC(=O)Nc2snnc2-c2ccccc2)on1. The minimum atomic E-state index is -0.299. The number of aryl methyl sites for hydroxylation is 1. The van der Waals surface area contributed by atoms with E-state index in [1.54, 1.807) is 0 Å². The molecule has 2 atom stereocenters. The Morgan fingerprint density at radius 2 is 2.15 bits per heavy atom. The normalized spacial score (nSPS) is 19.1. The van der Waals surface area contributed by atoms with E-state index in [0.29, 0.717) is 30.3 Å². The van der Waals surface area contributed by atoms with Gasteiger partial charge in [-0.15, -0.1) is 5.10 Å². The topological polar surface area (TPSA) is 102 Å². The molecule has 0 unspecified atom stereocenters. The first-order valence-corrected chi connectivity index (χ1v) is 9.41. The Morgan fingerprint density at radius 3 is 2.93 bits per heavy atom. The quantitative estimate of drug-likeness (QED) is 0.700. The van der Waals surface area contributed by atoms with Crippen LogP contribution in [0.3, 0.4) is 0 Å². The van der Waals surface area contributed by atoms with E-state index in [2.05, 4.69) is 25.4 Å². The largest absolute Gasteiger partial charge is 0.379 e. The van der Waals surface area contributed by atoms with E-state index in [1.165, 1.54) is 0 Å². The standard InChI is InChI=1S/C18H19N5O3S/c1-11-7-14(26-22-11)8-13-9-25-10-15(13)19-18(24)20-17-16(21-23-27-17)12-5-3-2-4-6-12/h2-7,13,15H,8-10H2,1H3,(H2,19,20,24)/t13-,15+/m1/s1. The van der Waals surface area contributed by atoms with Crippen molar-refractivity contribution in [2.24, 2.45) is 5.92 Å². The number of ether oxygens (including phenoxy) is 1. The maximum Gasteiger partial charge on any atom is 0.320 e. The Kier molecular flexibility index (Phi) is 5.12. The molecule has 140 valence electrons. The molecule has 8 nitrogen and oxygen atoms in total. The zero-order valence-electron chi connectivity index (χ0n) is 14.7. The lowest BCUT2D eigenvalue weighted by Crippen LogP contribution is -2.42. The third-order valence-electron chi connectivity index (χ3n) is 4.42. The summed E-state index contributed by atoms with van der Waals surface area (Å²) in [6.07, 6.45) is 0.670. The molecular weight excluding hydrogens is 366 g/mol. The Labute approximate surface area is 160 Å². The van der Waals surface area contributed by atoms with Gasteiger partial charge in [0, 0.05) is 35.5 Å². The molecule has 1 fully saturated rings. The number of aromatic nitrogens is 3. The van der Waals surface area contributed by atoms with Crippen LogP contribution >= 0.6 is 11.5 Å². The van der Waals surface area contributed by atoms with Crippen LogP contribution in [0.5, 0.6) is 0 Å². The number of nitrogens with one attached hydrogen (secondary N) is 2. The van der Waals surface area contributed by atoms with Crippen molar-refractivity contribution < 1.29 is 14.1 Å². The maximum absolute atomic E-state index is 12.5. The number of anilines is 1. The van der Waals surface area contributed by atoms with Crippen LogP contribution in [0.2, 0.25) is 0 Å². The monoisotopic (exact) mass is 385 g/mol. The number of carbonyl (C=O) groups is 1. The zero-order chi connectivity index (χ0) is 18.6. The molecule has 1 saturated heterocycles. The van der Waals surface area contributed by atoms with Crippen molar-refractivity contribution in [1.29, 1.82) is 0 Å². The summed E-state index contributed by atoms with van der Waals surface area (Å²) < 4.78 is 14.8. The highest BCUT2D eigenvalue weighted by atomic mass is 32.1. The molecule has 9 heteroatoms. The van der Waals surface area contributed by atoms with E-state index in [4.69, 9.17) is 9.26 Å². The van der Waals surface area contributed by atoms with Crippen LogP contribution in [0.4, 0.5) is 9.80 Å². The average Bonchev–Trinajstić information content (AvgIpc) is 3.39. The molecule has 3 aromatic rings. The van der Waals surface area contributed by atoms with Crippen molar-refractivity contribution in [2.75, 3.05) is 18.5 Å². The Hall–Kier alpha value is -2.78. The van der Waals surface area contributed by atoms with Gasteiger partial charge in [-0.2, -0.15) is 0 Å². The first-order chi connectivity index (χ1) is 13.2. The number of hydrogen-bond acceptors (Lipinski definition) is 7. The molecule has 2 N–H and O–H groups in total. The van der Waals surface area contributed by atoms with Gasteiger partial charge in [-0.3, -0.25) is 5.32 Å². The molecular formula is C18H19N5O3S. The molecule has 2 amide bonds. The third kappa shape index (κ3) is 4.15. The van der Waals surface area contributed by atoms with Crippen molar-refractivity contribution in [2.45, 2.75) is 19.4 Å². The Bertz CT molecular complexity index is 911. The highest BCUT2D eigenvalue weighted by molar-refractivity contribution is 7.10. The summed E-state index contributed by atoms with van der Waals surface area (Å²) in [7, 11) is 0. The molecule has 2 aromatic heterocycles. The predicted molar refractivity (Wildman–Crippen MR) is 101 cm³/mol. The van der Waals surface area contributed by atoms with Crippen LogP contribution in [-0.2, 0) is 11.2 Å². The second kappa shape index (κ2) is 7.85. The van der Waals surface area contributed by atoms with E-state index < -0.39 is 0 Å². The van der Waals surface area contributed by atoms with Gasteiger partial charge in [-0.25, -0.2) is 4.79 Å². The fourth-order valence-electron chi connectivity index (χ4n) is 3.10. The van der Waals surface area contributed by atoms with E-state index in [-0.39, 0.29) is 18.0 Å². The molecule has 0 radical (unpaired) electrons. The first-order valence-electron chi connectivity index (χ1n) is 8.64. The number of benzene rings is 1. The predicted octanol–water partition coefficient (Wildman–Crippen LogP) is 2.88. The molecule has 1 aliphatic heterocycles. The Morgan fingerprint density at radius 1 is 1.30 bits per heavy atom. The number of nitrogens with zero attached hydrogens (tertiary/aromatic N) is 3. The van der Waals surface area contributed by atoms with E-state index in [0.717, 1.165) is 28.6 Å². The summed E-state index contributed by atoms with van der Waals surface area (Å²) >= 11 is 1.15. The summed E-state index contributed by atoms with van der Waals surface area (Å²) in [5.74, 6) is 0.935. The van der Waals surface area contributed by atoms with Gasteiger partial charge < -0.3 is 14.6 Å². The van der Waals surface area contributed by atoms with Crippen LogP contribution in [0, 0.1) is 12.8 Å². The van der Waals surface area contributed by atoms with Gasteiger partial charge in [-0.05, 0) is 6.92 Å². The second-order valence-corrected chi connectivity index (χ2v) is 7.21. The number of rotatable bonds is 5.